The van der Waals surface area contributed by atoms with Crippen molar-refractivity contribution in [2.75, 3.05) is 32.8 Å². The minimum Gasteiger partial charge on any atom is -0.489 e. The van der Waals surface area contributed by atoms with Gasteiger partial charge in [-0.3, -0.25) is 24.0 Å². The van der Waals surface area contributed by atoms with Crippen LogP contribution in [0.2, 0.25) is 5.02 Å². The Morgan fingerprint density at radius 1 is 1.02 bits per heavy atom. The lowest BCUT2D eigenvalue weighted by molar-refractivity contribution is -0.135. The molecule has 6 rings (SSSR count). The van der Waals surface area contributed by atoms with Gasteiger partial charge in [0.15, 0.2) is 6.61 Å². The molecule has 9 nitrogen and oxygen atoms in total. The lowest BCUT2D eigenvalue weighted by Crippen LogP contribution is -2.50. The van der Waals surface area contributed by atoms with Crippen LogP contribution in [0.15, 0.2) is 88.8 Å². The van der Waals surface area contributed by atoms with Crippen LogP contribution in [0.1, 0.15) is 25.2 Å². The number of para-hydroxylation sites is 2. The van der Waals surface area contributed by atoms with Gasteiger partial charge in [-0.2, -0.15) is 0 Å². The molecular formula is C35H36ClN5O4. The zero-order valence-electron chi connectivity index (χ0n) is 25.4. The minimum atomic E-state index is -0.138. The fourth-order valence-corrected chi connectivity index (χ4v) is 5.77. The second-order valence-electron chi connectivity index (χ2n) is 11.6. The van der Waals surface area contributed by atoms with Gasteiger partial charge in [0.2, 0.25) is 0 Å². The van der Waals surface area contributed by atoms with Gasteiger partial charge in [0, 0.05) is 49.5 Å². The number of carbonyl (C=O) groups is 1. The van der Waals surface area contributed by atoms with Crippen molar-refractivity contribution in [2.45, 2.75) is 32.9 Å². The minimum absolute atomic E-state index is 0.0359. The summed E-state index contributed by atoms with van der Waals surface area (Å²) in [6.07, 6.45) is 6.48. The Balaban J connectivity index is 1.24. The highest BCUT2D eigenvalue weighted by molar-refractivity contribution is 6.30. The summed E-state index contributed by atoms with van der Waals surface area (Å²) < 4.78 is 13.5. The molecule has 10 heteroatoms. The number of fused-ring (bicyclic) bond motifs is 1. The van der Waals surface area contributed by atoms with Crippen molar-refractivity contribution in [2.24, 2.45) is 10.9 Å². The van der Waals surface area contributed by atoms with Crippen molar-refractivity contribution in [3.05, 3.63) is 106 Å². The molecule has 0 saturated carbocycles. The van der Waals surface area contributed by atoms with Crippen molar-refractivity contribution in [1.29, 1.82) is 0 Å². The van der Waals surface area contributed by atoms with Crippen LogP contribution in [-0.4, -0.2) is 70.4 Å². The molecule has 1 amide bonds. The highest BCUT2D eigenvalue weighted by atomic mass is 35.5. The summed E-state index contributed by atoms with van der Waals surface area (Å²) >= 11 is 5.94. The van der Waals surface area contributed by atoms with Crippen molar-refractivity contribution in [1.82, 2.24) is 19.4 Å². The number of hydrogen-bond acceptors (Lipinski definition) is 7. The van der Waals surface area contributed by atoms with E-state index in [9.17, 15) is 9.59 Å². The standard InChI is InChI=1S/C35H36ClN5O4/c1-24(2)45-32-6-4-3-5-31(32)41-33(38-30-12-7-25(20-29(30)35(41)43)19-26-13-14-37-21-26)22-39-15-17-40(18-16-39)34(42)23-44-28-10-8-27(36)9-11-28/h3-14,20-21,24,26H,15-19,22-23H2,1-2H3. The maximum Gasteiger partial charge on any atom is 0.266 e. The first kappa shape index (κ1) is 30.6. The molecule has 1 saturated heterocycles. The van der Waals surface area contributed by atoms with Crippen LogP contribution in [0, 0.1) is 5.92 Å². The Morgan fingerprint density at radius 3 is 2.53 bits per heavy atom. The van der Waals surface area contributed by atoms with E-state index in [1.807, 2.05) is 73.6 Å². The number of allylic oxidation sites excluding steroid dienone is 1. The van der Waals surface area contributed by atoms with Crippen LogP contribution in [0.4, 0.5) is 0 Å². The molecule has 3 heterocycles. The number of aromatic nitrogens is 2. The van der Waals surface area contributed by atoms with Gasteiger partial charge in [0.1, 0.15) is 17.3 Å². The van der Waals surface area contributed by atoms with Gasteiger partial charge in [-0.05, 0) is 74.4 Å². The lowest BCUT2D eigenvalue weighted by atomic mass is 10.00. The number of nitrogens with zero attached hydrogens (tertiary/aromatic N) is 5. The summed E-state index contributed by atoms with van der Waals surface area (Å²) in [6, 6.07) is 20.5. The molecule has 1 fully saturated rings. The van der Waals surface area contributed by atoms with E-state index in [0.717, 1.165) is 12.0 Å². The van der Waals surface area contributed by atoms with Gasteiger partial charge in [-0.1, -0.05) is 35.9 Å². The van der Waals surface area contributed by atoms with Crippen LogP contribution in [0.25, 0.3) is 16.6 Å². The Labute approximate surface area is 267 Å². The van der Waals surface area contributed by atoms with E-state index in [-0.39, 0.29) is 30.1 Å². The summed E-state index contributed by atoms with van der Waals surface area (Å²) in [5.74, 6) is 1.99. The summed E-state index contributed by atoms with van der Waals surface area (Å²) in [7, 11) is 0. The normalized spacial score (nSPS) is 16.5. The van der Waals surface area contributed by atoms with Crippen molar-refractivity contribution in [3.63, 3.8) is 0 Å². The molecule has 2 aliphatic heterocycles. The van der Waals surface area contributed by atoms with Crippen LogP contribution in [-0.2, 0) is 17.8 Å². The number of carbonyl (C=O) groups excluding carboxylic acids is 1. The molecule has 232 valence electrons. The maximum absolute atomic E-state index is 14.3. The molecule has 1 atom stereocenters. The lowest BCUT2D eigenvalue weighted by Gasteiger charge is -2.34. The Kier molecular flexibility index (Phi) is 9.28. The first-order valence-electron chi connectivity index (χ1n) is 15.2. The fourth-order valence-electron chi connectivity index (χ4n) is 5.64. The van der Waals surface area contributed by atoms with Gasteiger partial charge in [-0.15, -0.1) is 0 Å². The summed E-state index contributed by atoms with van der Waals surface area (Å²) in [5, 5.41) is 1.18. The SMILES string of the molecule is CC(C)Oc1ccccc1-n1c(CN2CCN(C(=O)COc3ccc(Cl)cc3)CC2)nc2ccc(CC3C=CN=C3)cc2c1=O. The highest BCUT2D eigenvalue weighted by Crippen LogP contribution is 2.26. The van der Waals surface area contributed by atoms with Crippen LogP contribution in [0.5, 0.6) is 11.5 Å². The van der Waals surface area contributed by atoms with E-state index in [4.69, 9.17) is 26.1 Å². The topological polar surface area (TPSA) is 89.3 Å². The maximum atomic E-state index is 14.3. The number of aliphatic imine (C=N–C) groups is 1. The van der Waals surface area contributed by atoms with E-state index in [0.29, 0.717) is 71.7 Å². The van der Waals surface area contributed by atoms with Crippen molar-refractivity contribution < 1.29 is 14.3 Å². The van der Waals surface area contributed by atoms with Gasteiger partial charge in [0.25, 0.3) is 11.5 Å². The molecule has 2 aliphatic rings. The third kappa shape index (κ3) is 7.27. The number of rotatable bonds is 10. The molecule has 0 radical (unpaired) electrons. The van der Waals surface area contributed by atoms with Gasteiger partial charge < -0.3 is 14.4 Å². The monoisotopic (exact) mass is 625 g/mol. The number of amides is 1. The average molecular weight is 626 g/mol. The molecule has 3 aromatic carbocycles. The summed E-state index contributed by atoms with van der Waals surface area (Å²) in [6.45, 7) is 6.72. The number of hydrogen-bond donors (Lipinski definition) is 0. The van der Waals surface area contributed by atoms with E-state index in [1.165, 1.54) is 0 Å². The Morgan fingerprint density at radius 2 is 1.80 bits per heavy atom. The predicted octanol–water partition coefficient (Wildman–Crippen LogP) is 5.31. The first-order chi connectivity index (χ1) is 21.8. The second-order valence-corrected chi connectivity index (χ2v) is 12.0. The molecule has 0 bridgehead atoms. The van der Waals surface area contributed by atoms with E-state index in [2.05, 4.69) is 16.0 Å². The van der Waals surface area contributed by atoms with Crippen molar-refractivity contribution in [3.8, 4) is 17.2 Å². The molecule has 0 aliphatic carbocycles. The smallest absolute Gasteiger partial charge is 0.266 e. The molecule has 0 N–H and O–H groups in total. The quantitative estimate of drug-likeness (QED) is 0.237. The third-order valence-corrected chi connectivity index (χ3v) is 8.16. The highest BCUT2D eigenvalue weighted by Gasteiger charge is 2.24. The average Bonchev–Trinajstić information content (AvgIpc) is 3.55. The van der Waals surface area contributed by atoms with Gasteiger partial charge in [-0.25, -0.2) is 4.98 Å². The van der Waals surface area contributed by atoms with Crippen LogP contribution < -0.4 is 15.0 Å². The van der Waals surface area contributed by atoms with Gasteiger partial charge in [0.05, 0.1) is 29.2 Å². The van der Waals surface area contributed by atoms with Crippen LogP contribution >= 0.6 is 11.6 Å². The number of piperazine rings is 1. The van der Waals surface area contributed by atoms with Crippen molar-refractivity contribution >= 4 is 34.6 Å². The molecule has 45 heavy (non-hydrogen) atoms. The van der Waals surface area contributed by atoms with Crippen LogP contribution in [0.3, 0.4) is 0 Å². The van der Waals surface area contributed by atoms with Gasteiger partial charge >= 0.3 is 0 Å². The third-order valence-electron chi connectivity index (χ3n) is 7.91. The van der Waals surface area contributed by atoms with E-state index in [1.54, 1.807) is 28.8 Å². The summed E-state index contributed by atoms with van der Waals surface area (Å²) in [4.78, 5) is 40.4. The summed E-state index contributed by atoms with van der Waals surface area (Å²) in [5.41, 5.74) is 2.22. The molecule has 1 unspecified atom stereocenters. The van der Waals surface area contributed by atoms with E-state index < -0.39 is 0 Å². The number of ether oxygens (including phenoxy) is 2. The zero-order valence-corrected chi connectivity index (χ0v) is 26.2. The second kappa shape index (κ2) is 13.7. The fraction of sp³-hybridized carbons (Fsp3) is 0.314. The molecular weight excluding hydrogens is 590 g/mol. The molecule has 1 aromatic heterocycles. The first-order valence-corrected chi connectivity index (χ1v) is 15.6. The zero-order chi connectivity index (χ0) is 31.3. The van der Waals surface area contributed by atoms with E-state index >= 15 is 0 Å². The number of benzene rings is 3. The predicted molar refractivity (Wildman–Crippen MR) is 177 cm³/mol. The number of halogens is 1. The molecule has 4 aromatic rings. The molecule has 0 spiro atoms. The Hall–Kier alpha value is -4.47. The Bertz CT molecular complexity index is 1780. The largest absolute Gasteiger partial charge is 0.489 e.